The zero-order valence-electron chi connectivity index (χ0n) is 12.1. The molecule has 0 aromatic heterocycles. The summed E-state index contributed by atoms with van der Waals surface area (Å²) >= 11 is 3.16. The first-order valence-corrected chi connectivity index (χ1v) is 8.62. The summed E-state index contributed by atoms with van der Waals surface area (Å²) in [6.45, 7) is 1.62. The van der Waals surface area contributed by atoms with Crippen molar-refractivity contribution in [2.75, 3.05) is 13.9 Å². The van der Waals surface area contributed by atoms with Gasteiger partial charge in [0.15, 0.2) is 6.79 Å². The first-order valence-electron chi connectivity index (χ1n) is 6.61. The minimum absolute atomic E-state index is 0.233. The van der Waals surface area contributed by atoms with Gasteiger partial charge in [-0.25, -0.2) is 0 Å². The Morgan fingerprint density at radius 3 is 2.59 bits per heavy atom. The Morgan fingerprint density at radius 1 is 1.23 bits per heavy atom. The molecule has 0 fully saturated rings. The number of halogens is 3. The number of hydrogen-bond acceptors (Lipinski definition) is 3. The highest BCUT2D eigenvalue weighted by atomic mass is 79.9. The number of benzene rings is 2. The minimum Gasteiger partial charge on any atom is -0.358 e. The van der Waals surface area contributed by atoms with E-state index in [0.717, 1.165) is 17.4 Å². The van der Waals surface area contributed by atoms with E-state index in [0.29, 0.717) is 5.39 Å². The molecule has 7 heteroatoms. The van der Waals surface area contributed by atoms with E-state index in [1.54, 1.807) is 6.07 Å². The van der Waals surface area contributed by atoms with Crippen molar-refractivity contribution in [1.29, 1.82) is 0 Å². The zero-order valence-corrected chi connectivity index (χ0v) is 14.6. The molecule has 120 valence electrons. The number of fused-ring (bicyclic) bond motifs is 1. The van der Waals surface area contributed by atoms with Gasteiger partial charge in [0.2, 0.25) is 0 Å². The van der Waals surface area contributed by atoms with Gasteiger partial charge in [-0.3, -0.25) is 0 Å². The van der Waals surface area contributed by atoms with Crippen LogP contribution in [0.1, 0.15) is 18.1 Å². The number of methoxy groups -OCH3 is 1. The van der Waals surface area contributed by atoms with Crippen LogP contribution < -0.4 is 0 Å². The molecule has 22 heavy (non-hydrogen) atoms. The Hall–Kier alpha value is -0.650. The molecule has 2 rings (SSSR count). The lowest BCUT2D eigenvalue weighted by Gasteiger charge is -2.23. The lowest BCUT2D eigenvalue weighted by Crippen LogP contribution is -2.14. The molecule has 0 aliphatic heterocycles. The fourth-order valence-electron chi connectivity index (χ4n) is 2.06. The monoisotopic (exact) mass is 392 g/mol. The highest BCUT2D eigenvalue weighted by Crippen LogP contribution is 2.58. The number of hydrogen-bond donors (Lipinski definition) is 1. The highest BCUT2D eigenvalue weighted by molar-refractivity contribution is 9.10. The topological polar surface area (TPSA) is 38.7 Å². The maximum atomic E-state index is 14.4. The molecule has 2 aromatic carbocycles. The molecule has 0 amide bonds. The van der Waals surface area contributed by atoms with Crippen LogP contribution in [0.3, 0.4) is 0 Å². The summed E-state index contributed by atoms with van der Waals surface area (Å²) in [6, 6.07) is 8.74. The van der Waals surface area contributed by atoms with Gasteiger partial charge in [0.1, 0.15) is 0 Å². The molecule has 0 heterocycles. The number of alkyl halides is 2. The summed E-state index contributed by atoms with van der Waals surface area (Å²) in [5.74, 6) is 0. The molecule has 0 saturated carbocycles. The predicted octanol–water partition coefficient (Wildman–Crippen LogP) is 5.14. The lowest BCUT2D eigenvalue weighted by molar-refractivity contribution is 0.0153. The summed E-state index contributed by atoms with van der Waals surface area (Å²) in [7, 11) is -1.67. The van der Waals surface area contributed by atoms with E-state index in [4.69, 9.17) is 0 Å². The highest BCUT2D eigenvalue weighted by Gasteiger charge is 2.44. The van der Waals surface area contributed by atoms with Crippen molar-refractivity contribution in [3.8, 4) is 0 Å². The van der Waals surface area contributed by atoms with Crippen LogP contribution in [0.2, 0.25) is 0 Å². The van der Waals surface area contributed by atoms with Crippen LogP contribution >= 0.6 is 24.3 Å². The Labute approximate surface area is 137 Å². The fraction of sp³-hybridized carbons (Fsp3) is 0.333. The van der Waals surface area contributed by atoms with Gasteiger partial charge in [0.25, 0.3) is 8.38 Å². The van der Waals surface area contributed by atoms with Crippen molar-refractivity contribution in [2.45, 2.75) is 19.0 Å². The second-order valence-corrected chi connectivity index (χ2v) is 6.94. The van der Waals surface area contributed by atoms with Crippen LogP contribution in [0, 0.1) is 0 Å². The molecule has 0 aliphatic carbocycles. The SMILES string of the molecule is CCc1ccc2cc(Br)c(C(F)(F)P(O)OCOC)cc2c1. The van der Waals surface area contributed by atoms with E-state index < -0.39 is 14.0 Å². The average Bonchev–Trinajstić information content (AvgIpc) is 2.51. The Balaban J connectivity index is 2.46. The first-order chi connectivity index (χ1) is 10.4. The van der Waals surface area contributed by atoms with Crippen molar-refractivity contribution >= 4 is 35.1 Å². The van der Waals surface area contributed by atoms with Gasteiger partial charge in [-0.15, -0.1) is 0 Å². The van der Waals surface area contributed by atoms with Gasteiger partial charge in [0.05, 0.1) is 0 Å². The summed E-state index contributed by atoms with van der Waals surface area (Å²) in [6.07, 6.45) is 0.821. The standard InChI is InChI=1S/C15H16BrF2O3P/c1-3-10-4-5-11-8-14(16)13(7-12(11)6-10)15(17,18)22(19)21-9-20-2/h4-8,19H,3,9H2,1-2H3. The Bertz CT molecular complexity index is 667. The molecule has 0 bridgehead atoms. The third kappa shape index (κ3) is 3.63. The van der Waals surface area contributed by atoms with Gasteiger partial charge in [-0.05, 0) is 34.9 Å². The largest absolute Gasteiger partial charge is 0.358 e. The maximum Gasteiger partial charge on any atom is 0.340 e. The van der Waals surface area contributed by atoms with Crippen LogP contribution in [0.25, 0.3) is 10.8 Å². The molecule has 1 atom stereocenters. The van der Waals surface area contributed by atoms with Gasteiger partial charge in [-0.1, -0.05) is 41.1 Å². The fourth-order valence-corrected chi connectivity index (χ4v) is 3.58. The second-order valence-electron chi connectivity index (χ2n) is 4.72. The van der Waals surface area contributed by atoms with Gasteiger partial charge >= 0.3 is 5.66 Å². The Kier molecular flexibility index (Phi) is 5.86. The van der Waals surface area contributed by atoms with Crippen LogP contribution in [0.5, 0.6) is 0 Å². The molecule has 0 saturated heterocycles. The molecular formula is C15H16BrF2O3P. The molecule has 0 radical (unpaired) electrons. The summed E-state index contributed by atoms with van der Waals surface area (Å²) in [4.78, 5) is 9.65. The van der Waals surface area contributed by atoms with E-state index in [9.17, 15) is 13.7 Å². The van der Waals surface area contributed by atoms with E-state index >= 15 is 0 Å². The van der Waals surface area contributed by atoms with Gasteiger partial charge in [-0.2, -0.15) is 8.78 Å². The third-order valence-electron chi connectivity index (χ3n) is 3.26. The van der Waals surface area contributed by atoms with Gasteiger partial charge < -0.3 is 14.2 Å². The normalized spacial score (nSPS) is 13.5. The number of ether oxygens (including phenoxy) is 1. The van der Waals surface area contributed by atoms with Crippen LogP contribution in [0.4, 0.5) is 8.78 Å². The summed E-state index contributed by atoms with van der Waals surface area (Å²) in [5, 5.41) is 1.55. The molecule has 3 nitrogen and oxygen atoms in total. The second kappa shape index (κ2) is 7.28. The maximum absolute atomic E-state index is 14.4. The van der Waals surface area contributed by atoms with E-state index in [-0.39, 0.29) is 16.8 Å². The van der Waals surface area contributed by atoms with Crippen molar-refractivity contribution in [3.05, 3.63) is 45.9 Å². The van der Waals surface area contributed by atoms with Gasteiger partial charge in [0, 0.05) is 17.1 Å². The van der Waals surface area contributed by atoms with Crippen molar-refractivity contribution in [2.24, 2.45) is 0 Å². The molecular weight excluding hydrogens is 377 g/mol. The first kappa shape index (κ1) is 17.7. The molecule has 1 N–H and O–H groups in total. The average molecular weight is 393 g/mol. The van der Waals surface area contributed by atoms with Crippen molar-refractivity contribution in [1.82, 2.24) is 0 Å². The van der Waals surface area contributed by atoms with Crippen LogP contribution in [-0.4, -0.2) is 18.8 Å². The quantitative estimate of drug-likeness (QED) is 0.546. The Morgan fingerprint density at radius 2 is 1.95 bits per heavy atom. The number of rotatable bonds is 6. The van der Waals surface area contributed by atoms with E-state index in [1.807, 2.05) is 25.1 Å². The minimum atomic E-state index is -3.50. The zero-order chi connectivity index (χ0) is 16.3. The van der Waals surface area contributed by atoms with Crippen LogP contribution in [-0.2, 0) is 21.3 Å². The van der Waals surface area contributed by atoms with Crippen LogP contribution in [0.15, 0.2) is 34.8 Å². The molecule has 0 spiro atoms. The van der Waals surface area contributed by atoms with Crippen molar-refractivity contribution < 1.29 is 22.9 Å². The summed E-state index contributed by atoms with van der Waals surface area (Å²) < 4.78 is 38.3. The van der Waals surface area contributed by atoms with Crippen molar-refractivity contribution in [3.63, 3.8) is 0 Å². The number of aryl methyl sites for hydroxylation is 1. The molecule has 2 aromatic rings. The lowest BCUT2D eigenvalue weighted by atomic mass is 10.0. The van der Waals surface area contributed by atoms with E-state index in [1.165, 1.54) is 13.2 Å². The third-order valence-corrected chi connectivity index (χ3v) is 4.98. The predicted molar refractivity (Wildman–Crippen MR) is 87.0 cm³/mol. The summed E-state index contributed by atoms with van der Waals surface area (Å²) in [5.41, 5.74) is -2.73. The molecule has 0 aliphatic rings. The van der Waals surface area contributed by atoms with E-state index in [2.05, 4.69) is 25.2 Å². The molecule has 1 unspecified atom stereocenters. The smallest absolute Gasteiger partial charge is 0.340 e.